The summed E-state index contributed by atoms with van der Waals surface area (Å²) >= 11 is 5.11. The molecule has 0 amide bonds. The van der Waals surface area contributed by atoms with Crippen molar-refractivity contribution in [2.24, 2.45) is 5.73 Å². The van der Waals surface area contributed by atoms with Gasteiger partial charge in [0.25, 0.3) is 0 Å². The number of nitrogens with zero attached hydrogens (tertiary/aromatic N) is 2. The molecule has 0 spiro atoms. The third-order valence-electron chi connectivity index (χ3n) is 3.32. The van der Waals surface area contributed by atoms with E-state index in [1.165, 1.54) is 0 Å². The first-order valence-corrected chi connectivity index (χ1v) is 6.94. The number of hydrogen-bond donors (Lipinski definition) is 2. The summed E-state index contributed by atoms with van der Waals surface area (Å²) in [6.07, 6.45) is 0. The highest BCUT2D eigenvalue weighted by atomic mass is 32.1. The Morgan fingerprint density at radius 3 is 2.48 bits per heavy atom. The molecule has 110 valence electrons. The minimum absolute atomic E-state index is 0.322. The highest BCUT2D eigenvalue weighted by Gasteiger charge is 2.13. The van der Waals surface area contributed by atoms with Crippen molar-refractivity contribution >= 4 is 23.0 Å². The number of aromatic nitrogens is 2. The Kier molecular flexibility index (Phi) is 4.70. The molecule has 21 heavy (non-hydrogen) atoms. The van der Waals surface area contributed by atoms with E-state index in [4.69, 9.17) is 22.7 Å². The van der Waals surface area contributed by atoms with Crippen LogP contribution in [0.5, 0.6) is 5.75 Å². The van der Waals surface area contributed by atoms with E-state index in [-0.39, 0.29) is 0 Å². The molecule has 0 aliphatic carbocycles. The van der Waals surface area contributed by atoms with Crippen molar-refractivity contribution in [3.05, 3.63) is 46.6 Å². The van der Waals surface area contributed by atoms with Crippen molar-refractivity contribution in [3.63, 3.8) is 0 Å². The lowest BCUT2D eigenvalue weighted by Gasteiger charge is -2.13. The molecule has 0 unspecified atom stereocenters. The minimum atomic E-state index is 0.322. The number of benzene rings is 1. The maximum absolute atomic E-state index is 5.80. The summed E-state index contributed by atoms with van der Waals surface area (Å²) in [6, 6.07) is 7.80. The summed E-state index contributed by atoms with van der Waals surface area (Å²) in [5, 5.41) is 11.5. The average Bonchev–Trinajstić information content (AvgIpc) is 2.48. The molecule has 3 N–H and O–H groups in total. The molecule has 1 heterocycles. The lowest BCUT2D eigenvalue weighted by molar-refractivity contribution is 0.414. The van der Waals surface area contributed by atoms with E-state index >= 15 is 0 Å². The van der Waals surface area contributed by atoms with Gasteiger partial charge in [-0.1, -0.05) is 24.4 Å². The number of hydrogen-bond acceptors (Lipinski definition) is 5. The molecule has 0 aliphatic heterocycles. The number of ether oxygens (including phenoxy) is 1. The fraction of sp³-hybridized carbons (Fsp3) is 0.267. The Bertz CT molecular complexity index is 655. The van der Waals surface area contributed by atoms with Gasteiger partial charge >= 0.3 is 0 Å². The number of anilines is 1. The van der Waals surface area contributed by atoms with Crippen molar-refractivity contribution in [2.45, 2.75) is 20.4 Å². The average molecular weight is 302 g/mol. The lowest BCUT2D eigenvalue weighted by Crippen LogP contribution is -2.18. The van der Waals surface area contributed by atoms with Gasteiger partial charge in [-0.2, -0.15) is 5.10 Å². The van der Waals surface area contributed by atoms with E-state index in [1.54, 1.807) is 7.11 Å². The molecule has 0 saturated carbocycles. The van der Waals surface area contributed by atoms with E-state index in [0.717, 1.165) is 28.1 Å². The second kappa shape index (κ2) is 6.49. The molecule has 6 heteroatoms. The Morgan fingerprint density at radius 1 is 1.24 bits per heavy atom. The van der Waals surface area contributed by atoms with Gasteiger partial charge in [0.2, 0.25) is 0 Å². The highest BCUT2D eigenvalue weighted by molar-refractivity contribution is 7.80. The fourth-order valence-electron chi connectivity index (χ4n) is 1.96. The van der Waals surface area contributed by atoms with E-state index in [2.05, 4.69) is 15.5 Å². The topological polar surface area (TPSA) is 73.1 Å². The molecular weight excluding hydrogens is 284 g/mol. The molecule has 0 aliphatic rings. The SMILES string of the molecule is COc1ccc(CNc2nnc(C)c(C)c2C(N)=S)cc1. The number of aryl methyl sites for hydroxylation is 1. The van der Waals surface area contributed by atoms with E-state index in [9.17, 15) is 0 Å². The summed E-state index contributed by atoms with van der Waals surface area (Å²) in [4.78, 5) is 0.322. The van der Waals surface area contributed by atoms with Crippen LogP contribution in [0.1, 0.15) is 22.4 Å². The smallest absolute Gasteiger partial charge is 0.159 e. The molecule has 0 radical (unpaired) electrons. The van der Waals surface area contributed by atoms with Gasteiger partial charge in [-0.05, 0) is 37.1 Å². The van der Waals surface area contributed by atoms with Gasteiger partial charge in [-0.25, -0.2) is 0 Å². The molecule has 0 atom stereocenters. The number of rotatable bonds is 5. The quantitative estimate of drug-likeness (QED) is 0.826. The zero-order valence-electron chi connectivity index (χ0n) is 12.3. The van der Waals surface area contributed by atoms with Gasteiger partial charge in [0.15, 0.2) is 5.82 Å². The zero-order chi connectivity index (χ0) is 15.4. The van der Waals surface area contributed by atoms with Crippen LogP contribution in [0.15, 0.2) is 24.3 Å². The lowest BCUT2D eigenvalue weighted by atomic mass is 10.1. The largest absolute Gasteiger partial charge is 0.497 e. The Morgan fingerprint density at radius 2 is 1.90 bits per heavy atom. The molecule has 0 bridgehead atoms. The molecule has 0 saturated heterocycles. The van der Waals surface area contributed by atoms with E-state index in [0.29, 0.717) is 17.4 Å². The third-order valence-corrected chi connectivity index (χ3v) is 3.52. The predicted octanol–water partition coefficient (Wildman–Crippen LogP) is 2.35. The van der Waals surface area contributed by atoms with Gasteiger partial charge in [-0.15, -0.1) is 5.10 Å². The number of nitrogens with one attached hydrogen (secondary N) is 1. The molecular formula is C15H18N4OS. The fourth-order valence-corrected chi connectivity index (χ4v) is 2.21. The van der Waals surface area contributed by atoms with Crippen molar-refractivity contribution < 1.29 is 4.74 Å². The Hall–Kier alpha value is -2.21. The first-order chi connectivity index (χ1) is 10.0. The van der Waals surface area contributed by atoms with Crippen LogP contribution in [-0.2, 0) is 6.54 Å². The Labute approximate surface area is 129 Å². The van der Waals surface area contributed by atoms with Crippen molar-refractivity contribution in [2.75, 3.05) is 12.4 Å². The van der Waals surface area contributed by atoms with Crippen molar-refractivity contribution in [1.29, 1.82) is 0 Å². The normalized spacial score (nSPS) is 10.2. The minimum Gasteiger partial charge on any atom is -0.497 e. The second-order valence-electron chi connectivity index (χ2n) is 4.70. The summed E-state index contributed by atoms with van der Waals surface area (Å²) in [7, 11) is 1.65. The van der Waals surface area contributed by atoms with Crippen LogP contribution < -0.4 is 15.8 Å². The van der Waals surface area contributed by atoms with E-state index in [1.807, 2.05) is 38.1 Å². The van der Waals surface area contributed by atoms with Gasteiger partial charge in [0.05, 0.1) is 18.4 Å². The van der Waals surface area contributed by atoms with Crippen LogP contribution in [0.2, 0.25) is 0 Å². The first kappa shape index (κ1) is 15.2. The maximum Gasteiger partial charge on any atom is 0.159 e. The van der Waals surface area contributed by atoms with Gasteiger partial charge in [0.1, 0.15) is 10.7 Å². The molecule has 5 nitrogen and oxygen atoms in total. The molecule has 0 fully saturated rings. The van der Waals surface area contributed by atoms with Gasteiger partial charge in [0, 0.05) is 6.54 Å². The standard InChI is InChI=1S/C15H18N4OS/c1-9-10(2)18-19-15(13(9)14(16)21)17-8-11-4-6-12(20-3)7-5-11/h4-7H,8H2,1-3H3,(H2,16,21)(H,17,19). The van der Waals surface area contributed by atoms with E-state index < -0.39 is 0 Å². The molecule has 1 aromatic heterocycles. The monoisotopic (exact) mass is 302 g/mol. The van der Waals surface area contributed by atoms with Gasteiger partial charge in [-0.3, -0.25) is 0 Å². The summed E-state index contributed by atoms with van der Waals surface area (Å²) in [6.45, 7) is 4.44. The molecule has 2 rings (SSSR count). The van der Waals surface area contributed by atoms with Crippen LogP contribution in [0.25, 0.3) is 0 Å². The van der Waals surface area contributed by atoms with Crippen molar-refractivity contribution in [3.8, 4) is 5.75 Å². The summed E-state index contributed by atoms with van der Waals surface area (Å²) < 4.78 is 5.14. The highest BCUT2D eigenvalue weighted by Crippen LogP contribution is 2.19. The summed E-state index contributed by atoms with van der Waals surface area (Å²) in [5.74, 6) is 1.44. The van der Waals surface area contributed by atoms with Crippen LogP contribution in [0, 0.1) is 13.8 Å². The number of nitrogens with two attached hydrogens (primary N) is 1. The zero-order valence-corrected chi connectivity index (χ0v) is 13.1. The van der Waals surface area contributed by atoms with Crippen LogP contribution >= 0.6 is 12.2 Å². The molecule has 1 aromatic carbocycles. The maximum atomic E-state index is 5.80. The van der Waals surface area contributed by atoms with Crippen LogP contribution in [-0.4, -0.2) is 22.3 Å². The first-order valence-electron chi connectivity index (χ1n) is 6.53. The number of methoxy groups -OCH3 is 1. The Balaban J connectivity index is 2.19. The third kappa shape index (κ3) is 3.46. The second-order valence-corrected chi connectivity index (χ2v) is 5.14. The molecule has 2 aromatic rings. The van der Waals surface area contributed by atoms with Crippen LogP contribution in [0.3, 0.4) is 0 Å². The van der Waals surface area contributed by atoms with Gasteiger partial charge < -0.3 is 15.8 Å². The number of thiocarbonyl (C=S) groups is 1. The predicted molar refractivity (Wildman–Crippen MR) is 87.7 cm³/mol. The van der Waals surface area contributed by atoms with Crippen molar-refractivity contribution in [1.82, 2.24) is 10.2 Å². The summed E-state index contributed by atoms with van der Waals surface area (Å²) in [5.41, 5.74) is 9.44. The van der Waals surface area contributed by atoms with Crippen LogP contribution in [0.4, 0.5) is 5.82 Å².